The molecule has 0 spiro atoms. The van der Waals surface area contributed by atoms with Crippen LogP contribution in [0.15, 0.2) is 46.9 Å². The molecule has 0 saturated carbocycles. The van der Waals surface area contributed by atoms with Gasteiger partial charge in [0.2, 0.25) is 5.91 Å². The lowest BCUT2D eigenvalue weighted by Gasteiger charge is -2.29. The summed E-state index contributed by atoms with van der Waals surface area (Å²) in [5, 5.41) is 24.4. The Kier molecular flexibility index (Phi) is 7.47. The average molecular weight is 477 g/mol. The molecule has 8 heteroatoms. The Hall–Kier alpha value is -2.42. The zero-order valence-electron chi connectivity index (χ0n) is 16.8. The first-order chi connectivity index (χ1) is 14.4. The molecule has 0 bridgehead atoms. The quantitative estimate of drug-likeness (QED) is 0.569. The smallest absolute Gasteiger partial charge is 0.341 e. The molecular weight excluding hydrogens is 452 g/mol. The highest BCUT2D eigenvalue weighted by Gasteiger charge is 2.29. The summed E-state index contributed by atoms with van der Waals surface area (Å²) in [6, 6.07) is 12.4. The van der Waals surface area contributed by atoms with E-state index in [2.05, 4.69) is 20.7 Å². The maximum Gasteiger partial charge on any atom is 0.341 e. The lowest BCUT2D eigenvalue weighted by molar-refractivity contribution is -0.138. The number of rotatable bonds is 8. The zero-order valence-corrected chi connectivity index (χ0v) is 18.3. The summed E-state index contributed by atoms with van der Waals surface area (Å²) in [4.78, 5) is 24.1. The van der Waals surface area contributed by atoms with E-state index in [0.29, 0.717) is 44.5 Å². The number of phenols is 1. The van der Waals surface area contributed by atoms with Crippen LogP contribution in [0, 0.1) is 0 Å². The number of para-hydroxylation sites is 1. The van der Waals surface area contributed by atoms with Crippen LogP contribution < -0.4 is 0 Å². The number of ether oxygens (including phenoxy) is 1. The van der Waals surface area contributed by atoms with Crippen molar-refractivity contribution in [1.82, 2.24) is 10.0 Å². The van der Waals surface area contributed by atoms with Crippen molar-refractivity contribution in [2.45, 2.75) is 25.4 Å². The normalized spacial score (nSPS) is 15.4. The van der Waals surface area contributed by atoms with Gasteiger partial charge in [0.25, 0.3) is 0 Å². The number of carbonyl (C=O) groups excluding carboxylic acids is 2. The van der Waals surface area contributed by atoms with Gasteiger partial charge in [0.15, 0.2) is 0 Å². The summed E-state index contributed by atoms with van der Waals surface area (Å²) >= 11 is 3.41. The molecule has 3 rings (SSSR count). The van der Waals surface area contributed by atoms with Gasteiger partial charge in [-0.05, 0) is 42.2 Å². The maximum atomic E-state index is 12.4. The fraction of sp³-hybridized carbons (Fsp3) is 0.364. The molecule has 1 amide bonds. The van der Waals surface area contributed by atoms with Crippen LogP contribution in [0.5, 0.6) is 5.75 Å². The van der Waals surface area contributed by atoms with Gasteiger partial charge < -0.3 is 14.9 Å². The summed E-state index contributed by atoms with van der Waals surface area (Å²) < 4.78 is 5.59. The molecule has 160 valence electrons. The second-order valence-electron chi connectivity index (χ2n) is 7.13. The Bertz CT molecular complexity index is 920. The van der Waals surface area contributed by atoms with Crippen molar-refractivity contribution in [2.24, 2.45) is 0 Å². The molecule has 1 fully saturated rings. The largest absolute Gasteiger partial charge is 0.507 e. The number of aliphatic hydroxyl groups is 1. The highest BCUT2D eigenvalue weighted by Crippen LogP contribution is 2.26. The number of halogens is 1. The number of aromatic hydroxyl groups is 1. The molecule has 2 aromatic rings. The van der Waals surface area contributed by atoms with Gasteiger partial charge >= 0.3 is 5.97 Å². The van der Waals surface area contributed by atoms with E-state index in [9.17, 15) is 19.8 Å². The fourth-order valence-corrected chi connectivity index (χ4v) is 3.99. The number of hydrogen-bond donors (Lipinski definition) is 2. The predicted octanol–water partition coefficient (Wildman–Crippen LogP) is 3.06. The monoisotopic (exact) mass is 476 g/mol. The van der Waals surface area contributed by atoms with Crippen molar-refractivity contribution in [1.29, 1.82) is 0 Å². The van der Waals surface area contributed by atoms with Gasteiger partial charge in [-0.25, -0.2) is 9.80 Å². The standard InChI is InChI=1S/C22H25BrN2O5/c1-30-22(29)18-7-3-4-15(21(18)28)8-13-25-20(27)10-12-24(25)11-9-19(26)16-5-2-6-17(23)14-16/h2-7,14,19,26,28H,8-13H2,1H3. The van der Waals surface area contributed by atoms with Crippen molar-refractivity contribution in [3.8, 4) is 5.75 Å². The first-order valence-electron chi connectivity index (χ1n) is 9.78. The minimum Gasteiger partial charge on any atom is -0.507 e. The summed E-state index contributed by atoms with van der Waals surface area (Å²) in [5.41, 5.74) is 1.51. The van der Waals surface area contributed by atoms with E-state index in [1.807, 2.05) is 29.3 Å². The minimum atomic E-state index is -0.624. The van der Waals surface area contributed by atoms with Crippen molar-refractivity contribution >= 4 is 27.8 Å². The molecule has 1 unspecified atom stereocenters. The molecule has 1 aliphatic rings. The highest BCUT2D eigenvalue weighted by atomic mass is 79.9. The molecule has 1 aliphatic heterocycles. The molecule has 2 aromatic carbocycles. The van der Waals surface area contributed by atoms with Crippen LogP contribution in [0.1, 0.15) is 40.4 Å². The summed E-state index contributed by atoms with van der Waals surface area (Å²) in [6.45, 7) is 1.51. The van der Waals surface area contributed by atoms with Crippen molar-refractivity contribution in [3.63, 3.8) is 0 Å². The first kappa shape index (κ1) is 22.3. The van der Waals surface area contributed by atoms with E-state index < -0.39 is 12.1 Å². The molecular formula is C22H25BrN2O5. The summed E-state index contributed by atoms with van der Waals surface area (Å²) in [7, 11) is 1.26. The maximum absolute atomic E-state index is 12.4. The topological polar surface area (TPSA) is 90.3 Å². The minimum absolute atomic E-state index is 0.00978. The van der Waals surface area contributed by atoms with Crippen LogP contribution in [0.4, 0.5) is 0 Å². The van der Waals surface area contributed by atoms with Crippen LogP contribution in [-0.2, 0) is 16.0 Å². The van der Waals surface area contributed by atoms with E-state index in [4.69, 9.17) is 0 Å². The predicted molar refractivity (Wildman–Crippen MR) is 115 cm³/mol. The van der Waals surface area contributed by atoms with Crippen LogP contribution >= 0.6 is 15.9 Å². The van der Waals surface area contributed by atoms with Gasteiger partial charge in [0.05, 0.1) is 13.2 Å². The Balaban J connectivity index is 1.61. The number of hydrazine groups is 1. The molecule has 1 heterocycles. The molecule has 30 heavy (non-hydrogen) atoms. The third kappa shape index (κ3) is 5.19. The second kappa shape index (κ2) is 10.1. The Morgan fingerprint density at radius 1 is 1.23 bits per heavy atom. The van der Waals surface area contributed by atoms with Gasteiger partial charge in [-0.15, -0.1) is 0 Å². The summed E-state index contributed by atoms with van der Waals surface area (Å²) in [5.74, 6) is -0.710. The van der Waals surface area contributed by atoms with Gasteiger partial charge in [0, 0.05) is 30.5 Å². The van der Waals surface area contributed by atoms with E-state index in [1.165, 1.54) is 13.2 Å². The molecule has 1 saturated heterocycles. The highest BCUT2D eigenvalue weighted by molar-refractivity contribution is 9.10. The molecule has 0 radical (unpaired) electrons. The number of nitrogens with zero attached hydrogens (tertiary/aromatic N) is 2. The van der Waals surface area contributed by atoms with E-state index >= 15 is 0 Å². The number of amides is 1. The summed E-state index contributed by atoms with van der Waals surface area (Å²) in [6.07, 6.45) is 0.679. The Labute approximate surface area is 184 Å². The van der Waals surface area contributed by atoms with Gasteiger partial charge in [0.1, 0.15) is 11.3 Å². The SMILES string of the molecule is COC(=O)c1cccc(CCN2C(=O)CCN2CCC(O)c2cccc(Br)c2)c1O. The van der Waals surface area contributed by atoms with Crippen LogP contribution in [0.3, 0.4) is 0 Å². The van der Waals surface area contributed by atoms with Crippen LogP contribution in [0.25, 0.3) is 0 Å². The number of methoxy groups -OCH3 is 1. The van der Waals surface area contributed by atoms with Gasteiger partial charge in [-0.1, -0.05) is 40.2 Å². The number of phenolic OH excluding ortho intramolecular Hbond substituents is 1. The first-order valence-corrected chi connectivity index (χ1v) is 10.6. The van der Waals surface area contributed by atoms with Gasteiger partial charge in [-0.3, -0.25) is 9.80 Å². The lowest BCUT2D eigenvalue weighted by atomic mass is 10.1. The molecule has 2 N–H and O–H groups in total. The number of hydrogen-bond acceptors (Lipinski definition) is 6. The van der Waals surface area contributed by atoms with Crippen molar-refractivity contribution < 1.29 is 24.5 Å². The third-order valence-corrected chi connectivity index (χ3v) is 5.72. The molecule has 1 atom stereocenters. The van der Waals surface area contributed by atoms with E-state index in [-0.39, 0.29) is 17.2 Å². The zero-order chi connectivity index (χ0) is 21.7. The fourth-order valence-electron chi connectivity index (χ4n) is 3.58. The van der Waals surface area contributed by atoms with Crippen molar-refractivity contribution in [3.05, 3.63) is 63.6 Å². The molecule has 7 nitrogen and oxygen atoms in total. The number of benzene rings is 2. The lowest BCUT2D eigenvalue weighted by Crippen LogP contribution is -2.41. The van der Waals surface area contributed by atoms with E-state index in [0.717, 1.165) is 10.0 Å². The van der Waals surface area contributed by atoms with Gasteiger partial charge in [-0.2, -0.15) is 0 Å². The molecule has 0 aliphatic carbocycles. The average Bonchev–Trinajstić information content (AvgIpc) is 3.10. The Morgan fingerprint density at radius 3 is 2.73 bits per heavy atom. The third-order valence-electron chi connectivity index (χ3n) is 5.23. The second-order valence-corrected chi connectivity index (χ2v) is 8.05. The van der Waals surface area contributed by atoms with Crippen LogP contribution in [0.2, 0.25) is 0 Å². The number of esters is 1. The number of carbonyl (C=O) groups is 2. The van der Waals surface area contributed by atoms with Crippen LogP contribution in [-0.4, -0.2) is 58.9 Å². The number of aliphatic hydroxyl groups excluding tert-OH is 1. The van der Waals surface area contributed by atoms with Crippen molar-refractivity contribution in [2.75, 3.05) is 26.7 Å². The van der Waals surface area contributed by atoms with E-state index in [1.54, 1.807) is 17.1 Å². The molecule has 0 aromatic heterocycles. The Morgan fingerprint density at radius 2 is 2.00 bits per heavy atom.